The number of methoxy groups -OCH3 is 1. The molecule has 0 bridgehead atoms. The summed E-state index contributed by atoms with van der Waals surface area (Å²) in [6.07, 6.45) is 0. The topological polar surface area (TPSA) is 29.5 Å². The van der Waals surface area contributed by atoms with E-state index in [-0.39, 0.29) is 0 Å². The van der Waals surface area contributed by atoms with Crippen molar-refractivity contribution in [1.82, 2.24) is 0 Å². The fourth-order valence-corrected chi connectivity index (χ4v) is 2.90. The van der Waals surface area contributed by atoms with Gasteiger partial charge in [0.05, 0.1) is 17.2 Å². The third kappa shape index (κ3) is 2.11. The number of hydrogen-bond donors (Lipinski definition) is 1. The van der Waals surface area contributed by atoms with Gasteiger partial charge in [0.2, 0.25) is 0 Å². The van der Waals surface area contributed by atoms with Gasteiger partial charge in [-0.25, -0.2) is 0 Å². The van der Waals surface area contributed by atoms with Gasteiger partial charge < -0.3 is 9.84 Å². The van der Waals surface area contributed by atoms with Crippen molar-refractivity contribution in [3.63, 3.8) is 0 Å². The molecule has 0 spiro atoms. The van der Waals surface area contributed by atoms with E-state index >= 15 is 0 Å². The molecule has 3 heteroatoms. The molecule has 1 rings (SSSR count). The van der Waals surface area contributed by atoms with Gasteiger partial charge in [0.15, 0.2) is 0 Å². The molecule has 90 valence electrons. The second-order valence-electron chi connectivity index (χ2n) is 4.66. The van der Waals surface area contributed by atoms with Gasteiger partial charge in [-0.1, -0.05) is 0 Å². The Morgan fingerprint density at radius 3 is 1.94 bits per heavy atom. The fraction of sp³-hybridized carbons (Fsp3) is 0.538. The quantitative estimate of drug-likeness (QED) is 0.900. The highest BCUT2D eigenvalue weighted by atomic mass is 79.9. The third-order valence-electron chi connectivity index (χ3n) is 3.00. The van der Waals surface area contributed by atoms with E-state index in [9.17, 15) is 5.11 Å². The normalized spacial score (nSPS) is 11.8. The van der Waals surface area contributed by atoms with E-state index in [0.29, 0.717) is 0 Å². The molecule has 1 aromatic carbocycles. The molecule has 0 unspecified atom stereocenters. The first-order chi connectivity index (χ1) is 7.21. The lowest BCUT2D eigenvalue weighted by Gasteiger charge is -2.26. The predicted octanol–water partition coefficient (Wildman–Crippen LogP) is 3.61. The van der Waals surface area contributed by atoms with E-state index < -0.39 is 5.60 Å². The van der Waals surface area contributed by atoms with Crippen LogP contribution in [0, 0.1) is 20.8 Å². The summed E-state index contributed by atoms with van der Waals surface area (Å²) < 4.78 is 6.30. The lowest BCUT2D eigenvalue weighted by atomic mass is 9.87. The number of rotatable bonds is 2. The second-order valence-corrected chi connectivity index (χ2v) is 5.45. The molecule has 1 N–H and O–H groups in total. The molecular formula is C13H19BrO2. The molecule has 0 saturated carbocycles. The van der Waals surface area contributed by atoms with Crippen molar-refractivity contribution in [2.45, 2.75) is 40.2 Å². The van der Waals surface area contributed by atoms with E-state index in [4.69, 9.17) is 4.74 Å². The number of hydrogen-bond acceptors (Lipinski definition) is 2. The molecule has 2 nitrogen and oxygen atoms in total. The maximum atomic E-state index is 10.2. The van der Waals surface area contributed by atoms with Gasteiger partial charge in [0.25, 0.3) is 0 Å². The van der Waals surface area contributed by atoms with Crippen molar-refractivity contribution in [2.24, 2.45) is 0 Å². The Hall–Kier alpha value is -0.540. The van der Waals surface area contributed by atoms with E-state index in [2.05, 4.69) is 15.9 Å². The van der Waals surface area contributed by atoms with Crippen LogP contribution in [-0.4, -0.2) is 12.2 Å². The summed E-state index contributed by atoms with van der Waals surface area (Å²) in [6, 6.07) is 0. The molecule has 16 heavy (non-hydrogen) atoms. The number of benzene rings is 1. The first-order valence-electron chi connectivity index (χ1n) is 5.27. The highest BCUT2D eigenvalue weighted by Gasteiger charge is 2.26. The summed E-state index contributed by atoms with van der Waals surface area (Å²) >= 11 is 3.53. The van der Waals surface area contributed by atoms with Crippen molar-refractivity contribution in [1.29, 1.82) is 0 Å². The minimum Gasteiger partial charge on any atom is -0.495 e. The highest BCUT2D eigenvalue weighted by molar-refractivity contribution is 9.10. The lowest BCUT2D eigenvalue weighted by Crippen LogP contribution is -2.20. The molecule has 0 fully saturated rings. The highest BCUT2D eigenvalue weighted by Crippen LogP contribution is 2.40. The van der Waals surface area contributed by atoms with Gasteiger partial charge in [0.1, 0.15) is 5.75 Å². The van der Waals surface area contributed by atoms with Crippen LogP contribution in [-0.2, 0) is 5.60 Å². The van der Waals surface area contributed by atoms with E-state index in [1.807, 2.05) is 20.8 Å². The summed E-state index contributed by atoms with van der Waals surface area (Å²) in [7, 11) is 1.66. The number of halogens is 1. The smallest absolute Gasteiger partial charge is 0.136 e. The molecule has 0 atom stereocenters. The largest absolute Gasteiger partial charge is 0.495 e. The van der Waals surface area contributed by atoms with Crippen LogP contribution in [0.2, 0.25) is 0 Å². The zero-order valence-electron chi connectivity index (χ0n) is 10.7. The summed E-state index contributed by atoms with van der Waals surface area (Å²) in [4.78, 5) is 0. The fourth-order valence-electron chi connectivity index (χ4n) is 2.24. The summed E-state index contributed by atoms with van der Waals surface area (Å²) in [5.41, 5.74) is 3.32. The first kappa shape index (κ1) is 13.5. The molecule has 0 radical (unpaired) electrons. The molecule has 0 aliphatic rings. The molecule has 0 amide bonds. The molecule has 0 aliphatic carbocycles. The van der Waals surface area contributed by atoms with Gasteiger partial charge >= 0.3 is 0 Å². The second kappa shape index (κ2) is 4.38. The van der Waals surface area contributed by atoms with Crippen LogP contribution in [0.15, 0.2) is 4.47 Å². The molecule has 0 aromatic heterocycles. The van der Waals surface area contributed by atoms with Gasteiger partial charge in [-0.2, -0.15) is 0 Å². The molecule has 0 aliphatic heterocycles. The van der Waals surface area contributed by atoms with E-state index in [0.717, 1.165) is 32.5 Å². The van der Waals surface area contributed by atoms with Gasteiger partial charge in [-0.3, -0.25) is 0 Å². The summed E-state index contributed by atoms with van der Waals surface area (Å²) in [5, 5.41) is 10.2. The maximum Gasteiger partial charge on any atom is 0.136 e. The number of aliphatic hydroxyl groups is 1. The Bertz CT molecular complexity index is 388. The third-order valence-corrected chi connectivity index (χ3v) is 3.95. The van der Waals surface area contributed by atoms with Crippen molar-refractivity contribution >= 4 is 15.9 Å². The van der Waals surface area contributed by atoms with Gasteiger partial charge in [-0.05, 0) is 72.8 Å². The van der Waals surface area contributed by atoms with Crippen LogP contribution in [0.5, 0.6) is 5.75 Å². The Morgan fingerprint density at radius 2 is 1.56 bits per heavy atom. The van der Waals surface area contributed by atoms with Crippen LogP contribution >= 0.6 is 15.9 Å². The molecule has 0 heterocycles. The summed E-state index contributed by atoms with van der Waals surface area (Å²) in [5.74, 6) is 0.850. The minimum absolute atomic E-state index is 0.840. The lowest BCUT2D eigenvalue weighted by molar-refractivity contribution is 0.0770. The standard InChI is InChI=1S/C13H19BrO2/c1-7-8(2)12(16-6)11(14)9(3)10(7)13(4,5)15/h15H,1-6H3. The average molecular weight is 287 g/mol. The van der Waals surface area contributed by atoms with Crippen LogP contribution in [0.3, 0.4) is 0 Å². The predicted molar refractivity (Wildman–Crippen MR) is 70.1 cm³/mol. The van der Waals surface area contributed by atoms with Crippen LogP contribution in [0.25, 0.3) is 0 Å². The monoisotopic (exact) mass is 286 g/mol. The average Bonchev–Trinajstić information content (AvgIpc) is 2.14. The minimum atomic E-state index is -0.840. The molecular weight excluding hydrogens is 268 g/mol. The Labute approximate surface area is 106 Å². The number of ether oxygens (including phenoxy) is 1. The van der Waals surface area contributed by atoms with Crippen molar-refractivity contribution in [3.05, 3.63) is 26.7 Å². The van der Waals surface area contributed by atoms with Crippen LogP contribution in [0.4, 0.5) is 0 Å². The van der Waals surface area contributed by atoms with Gasteiger partial charge in [0, 0.05) is 0 Å². The van der Waals surface area contributed by atoms with Crippen molar-refractivity contribution in [2.75, 3.05) is 7.11 Å². The molecule has 0 saturated heterocycles. The zero-order valence-corrected chi connectivity index (χ0v) is 12.3. The molecule has 1 aromatic rings. The van der Waals surface area contributed by atoms with Gasteiger partial charge in [-0.15, -0.1) is 0 Å². The Morgan fingerprint density at radius 1 is 1.06 bits per heavy atom. The van der Waals surface area contributed by atoms with E-state index in [1.165, 1.54) is 0 Å². The zero-order chi connectivity index (χ0) is 12.7. The maximum absolute atomic E-state index is 10.2. The Balaban J connectivity index is 3.67. The van der Waals surface area contributed by atoms with E-state index in [1.54, 1.807) is 21.0 Å². The first-order valence-corrected chi connectivity index (χ1v) is 6.07. The van der Waals surface area contributed by atoms with Crippen LogP contribution < -0.4 is 4.74 Å². The Kier molecular flexibility index (Phi) is 3.70. The SMILES string of the molecule is COc1c(C)c(C)c(C(C)(C)O)c(C)c1Br. The van der Waals surface area contributed by atoms with Crippen molar-refractivity contribution < 1.29 is 9.84 Å². The van der Waals surface area contributed by atoms with Crippen LogP contribution in [0.1, 0.15) is 36.1 Å². The van der Waals surface area contributed by atoms with Crippen molar-refractivity contribution in [3.8, 4) is 5.75 Å². The summed E-state index contributed by atoms with van der Waals surface area (Å²) in [6.45, 7) is 9.63.